The molecule has 1 aliphatic rings. The third-order valence-corrected chi connectivity index (χ3v) is 5.40. The van der Waals surface area contributed by atoms with Crippen molar-refractivity contribution in [3.63, 3.8) is 0 Å². The second-order valence-corrected chi connectivity index (χ2v) is 8.05. The number of nitro groups is 1. The Hall–Kier alpha value is -3.20. The van der Waals surface area contributed by atoms with Gasteiger partial charge in [-0.05, 0) is 0 Å². The van der Waals surface area contributed by atoms with Crippen molar-refractivity contribution in [2.24, 2.45) is 0 Å². The molecule has 0 unspecified atom stereocenters. The SMILES string of the molecule is O=C(O)CN1CCN(CC(=O)O)CCN(Cc2cc([N+](=O)[O-])ccn2)CCN(CC(=O)O)CC1. The van der Waals surface area contributed by atoms with Gasteiger partial charge in [-0.2, -0.15) is 0 Å². The molecule has 2 heterocycles. The Kier molecular flexibility index (Phi) is 10.7. The second kappa shape index (κ2) is 13.5. The molecule has 3 N–H and O–H groups in total. The van der Waals surface area contributed by atoms with Crippen LogP contribution in [0.15, 0.2) is 18.3 Å². The average Bonchev–Trinajstić information content (AvgIpc) is 2.74. The van der Waals surface area contributed by atoms with Crippen LogP contribution in [0.25, 0.3) is 0 Å². The maximum Gasteiger partial charge on any atom is 0.317 e. The summed E-state index contributed by atoms with van der Waals surface area (Å²) in [6, 6.07) is 2.68. The molecule has 1 fully saturated rings. The van der Waals surface area contributed by atoms with Crippen molar-refractivity contribution in [1.82, 2.24) is 24.6 Å². The van der Waals surface area contributed by atoms with Gasteiger partial charge >= 0.3 is 17.9 Å². The third-order valence-electron chi connectivity index (χ3n) is 5.40. The topological polar surface area (TPSA) is 181 Å². The number of carboxylic acid groups (broad SMARTS) is 3. The van der Waals surface area contributed by atoms with Gasteiger partial charge in [0, 0.05) is 77.2 Å². The molecule has 188 valence electrons. The zero-order valence-corrected chi connectivity index (χ0v) is 18.8. The van der Waals surface area contributed by atoms with Crippen molar-refractivity contribution in [1.29, 1.82) is 0 Å². The molecule has 0 atom stereocenters. The Balaban J connectivity index is 2.20. The standard InChI is InChI=1S/C20H30N6O8/c27-18(28)13-23-5-3-22(12-16-11-17(26(33)34)1-2-21-16)4-6-24(14-19(29)30)8-10-25(9-7-23)15-20(31)32/h1-2,11H,3-10,12-15H2,(H,27,28)(H,29,30)(H,31,32). The van der Waals surface area contributed by atoms with Crippen LogP contribution in [-0.2, 0) is 20.9 Å². The first-order chi connectivity index (χ1) is 16.1. The molecule has 14 nitrogen and oxygen atoms in total. The van der Waals surface area contributed by atoms with Crippen LogP contribution in [0.4, 0.5) is 5.69 Å². The summed E-state index contributed by atoms with van der Waals surface area (Å²) in [6.07, 6.45) is 1.36. The van der Waals surface area contributed by atoms with Gasteiger partial charge in [0.15, 0.2) is 0 Å². The van der Waals surface area contributed by atoms with E-state index in [1.165, 1.54) is 18.3 Å². The van der Waals surface area contributed by atoms with E-state index in [0.29, 0.717) is 58.1 Å². The van der Waals surface area contributed by atoms with E-state index in [1.807, 2.05) is 4.90 Å². The summed E-state index contributed by atoms with van der Waals surface area (Å²) < 4.78 is 0. The molecule has 0 amide bonds. The van der Waals surface area contributed by atoms with Crippen LogP contribution in [0.1, 0.15) is 5.69 Å². The largest absolute Gasteiger partial charge is 0.480 e. The summed E-state index contributed by atoms with van der Waals surface area (Å²) in [7, 11) is 0. The highest BCUT2D eigenvalue weighted by molar-refractivity contribution is 5.69. The number of aliphatic carboxylic acids is 3. The van der Waals surface area contributed by atoms with Gasteiger partial charge in [-0.1, -0.05) is 0 Å². The molecule has 14 heteroatoms. The first kappa shape index (κ1) is 27.0. The fourth-order valence-electron chi connectivity index (χ4n) is 3.68. The van der Waals surface area contributed by atoms with Crippen LogP contribution in [0.3, 0.4) is 0 Å². The summed E-state index contributed by atoms with van der Waals surface area (Å²) in [4.78, 5) is 55.7. The van der Waals surface area contributed by atoms with Crippen molar-refractivity contribution in [2.75, 3.05) is 72.0 Å². The molecule has 0 aromatic carbocycles. The van der Waals surface area contributed by atoms with E-state index < -0.39 is 22.8 Å². The lowest BCUT2D eigenvalue weighted by Crippen LogP contribution is -2.48. The average molecular weight is 482 g/mol. The molecule has 1 aliphatic heterocycles. The van der Waals surface area contributed by atoms with Gasteiger partial charge < -0.3 is 15.3 Å². The van der Waals surface area contributed by atoms with E-state index in [0.717, 1.165) is 0 Å². The van der Waals surface area contributed by atoms with Crippen molar-refractivity contribution in [2.45, 2.75) is 6.54 Å². The first-order valence-corrected chi connectivity index (χ1v) is 10.8. The van der Waals surface area contributed by atoms with Crippen LogP contribution in [0.2, 0.25) is 0 Å². The number of rotatable bonds is 9. The Labute approximate surface area is 196 Å². The van der Waals surface area contributed by atoms with Gasteiger partial charge in [-0.3, -0.25) is 49.1 Å². The molecule has 34 heavy (non-hydrogen) atoms. The van der Waals surface area contributed by atoms with Crippen LogP contribution in [-0.4, -0.2) is 135 Å². The summed E-state index contributed by atoms with van der Waals surface area (Å²) in [5.74, 6) is -3.02. The van der Waals surface area contributed by atoms with Gasteiger partial charge in [0.25, 0.3) is 5.69 Å². The molecule has 2 rings (SSSR count). The molecule has 0 radical (unpaired) electrons. The number of hydrogen-bond acceptors (Lipinski definition) is 10. The van der Waals surface area contributed by atoms with Gasteiger partial charge in [0.2, 0.25) is 0 Å². The van der Waals surface area contributed by atoms with E-state index in [-0.39, 0.29) is 31.9 Å². The number of carboxylic acids is 3. The number of aromatic nitrogens is 1. The summed E-state index contributed by atoms with van der Waals surface area (Å²) in [5.41, 5.74) is 0.390. The maximum absolute atomic E-state index is 11.3. The quantitative estimate of drug-likeness (QED) is 0.287. The first-order valence-electron chi connectivity index (χ1n) is 10.8. The highest BCUT2D eigenvalue weighted by atomic mass is 16.6. The Morgan fingerprint density at radius 2 is 1.18 bits per heavy atom. The predicted molar refractivity (Wildman–Crippen MR) is 118 cm³/mol. The smallest absolute Gasteiger partial charge is 0.317 e. The minimum absolute atomic E-state index is 0.0853. The number of nitrogens with zero attached hydrogens (tertiary/aromatic N) is 6. The minimum Gasteiger partial charge on any atom is -0.480 e. The monoisotopic (exact) mass is 482 g/mol. The van der Waals surface area contributed by atoms with Gasteiger partial charge in [0.1, 0.15) is 0 Å². The Bertz CT molecular complexity index is 837. The molecule has 0 saturated carbocycles. The lowest BCUT2D eigenvalue weighted by Gasteiger charge is -2.33. The maximum atomic E-state index is 11.3. The predicted octanol–water partition coefficient (Wildman–Crippen LogP) is -1.03. The third kappa shape index (κ3) is 10.2. The molecular weight excluding hydrogens is 452 g/mol. The zero-order chi connectivity index (χ0) is 25.1. The van der Waals surface area contributed by atoms with E-state index in [1.54, 1.807) is 14.7 Å². The van der Waals surface area contributed by atoms with E-state index >= 15 is 0 Å². The van der Waals surface area contributed by atoms with Crippen molar-refractivity contribution in [3.05, 3.63) is 34.1 Å². The lowest BCUT2D eigenvalue weighted by molar-refractivity contribution is -0.385. The molecule has 1 saturated heterocycles. The summed E-state index contributed by atoms with van der Waals surface area (Å²) in [6.45, 7) is 2.44. The molecule has 0 spiro atoms. The Morgan fingerprint density at radius 3 is 1.53 bits per heavy atom. The fraction of sp³-hybridized carbons (Fsp3) is 0.600. The second-order valence-electron chi connectivity index (χ2n) is 8.05. The van der Waals surface area contributed by atoms with E-state index in [4.69, 9.17) is 0 Å². The molecule has 0 aliphatic carbocycles. The van der Waals surface area contributed by atoms with Crippen LogP contribution in [0.5, 0.6) is 0 Å². The fourth-order valence-corrected chi connectivity index (χ4v) is 3.68. The van der Waals surface area contributed by atoms with Crippen LogP contribution < -0.4 is 0 Å². The van der Waals surface area contributed by atoms with Gasteiger partial charge in [-0.25, -0.2) is 0 Å². The van der Waals surface area contributed by atoms with Crippen molar-refractivity contribution in [3.8, 4) is 0 Å². The lowest BCUT2D eigenvalue weighted by atomic mass is 10.2. The Morgan fingerprint density at radius 1 is 0.794 bits per heavy atom. The molecular formula is C20H30N6O8. The van der Waals surface area contributed by atoms with Crippen molar-refractivity contribution < 1.29 is 34.6 Å². The number of hydrogen-bond donors (Lipinski definition) is 3. The number of carbonyl (C=O) groups is 3. The highest BCUT2D eigenvalue weighted by Gasteiger charge is 2.20. The van der Waals surface area contributed by atoms with Gasteiger partial charge in [-0.15, -0.1) is 0 Å². The highest BCUT2D eigenvalue weighted by Crippen LogP contribution is 2.13. The number of pyridine rings is 1. The minimum atomic E-state index is -1.02. The summed E-state index contributed by atoms with van der Waals surface area (Å²) >= 11 is 0. The van der Waals surface area contributed by atoms with Crippen molar-refractivity contribution >= 4 is 23.6 Å². The summed E-state index contributed by atoms with van der Waals surface area (Å²) in [5, 5.41) is 38.8. The molecule has 0 bridgehead atoms. The van der Waals surface area contributed by atoms with E-state index in [9.17, 15) is 39.8 Å². The molecule has 1 aromatic rings. The van der Waals surface area contributed by atoms with Crippen LogP contribution in [0, 0.1) is 10.1 Å². The van der Waals surface area contributed by atoms with E-state index in [2.05, 4.69) is 4.98 Å². The van der Waals surface area contributed by atoms with Crippen LogP contribution >= 0.6 is 0 Å². The normalized spacial score (nSPS) is 18.0. The van der Waals surface area contributed by atoms with Gasteiger partial charge in [0.05, 0.1) is 30.3 Å². The zero-order valence-electron chi connectivity index (χ0n) is 18.8. The molecule has 1 aromatic heterocycles.